The Morgan fingerprint density at radius 2 is 1.76 bits per heavy atom. The van der Waals surface area contributed by atoms with E-state index in [-0.39, 0.29) is 29.1 Å². The quantitative estimate of drug-likeness (QED) is 0.172. The van der Waals surface area contributed by atoms with Crippen molar-refractivity contribution in [2.45, 2.75) is 38.9 Å². The SMILES string of the molecule is COc1nc(-c2cccc(-c3cccc(Nc4nccc(CN5CC6(C5)CN(C(C)=O)C6)c4F)c3Cl)c2Cl)ccc1CNC[C@@H]1CCC(=O)N1. The smallest absolute Gasteiger partial charge is 0.220 e. The van der Waals surface area contributed by atoms with Gasteiger partial charge >= 0.3 is 0 Å². The van der Waals surface area contributed by atoms with E-state index in [1.165, 1.54) is 0 Å². The van der Waals surface area contributed by atoms with E-state index in [2.05, 4.69) is 25.8 Å². The molecule has 7 rings (SSSR count). The van der Waals surface area contributed by atoms with Crippen LogP contribution in [0.4, 0.5) is 15.9 Å². The number of carbonyl (C=O) groups excluding carboxylic acids is 2. The number of rotatable bonds is 11. The number of halogens is 3. The highest BCUT2D eigenvalue weighted by atomic mass is 35.5. The van der Waals surface area contributed by atoms with Crippen LogP contribution in [0.15, 0.2) is 60.8 Å². The van der Waals surface area contributed by atoms with Gasteiger partial charge in [0.05, 0.1) is 28.5 Å². The van der Waals surface area contributed by atoms with Gasteiger partial charge in [0.1, 0.15) is 0 Å². The van der Waals surface area contributed by atoms with Crippen LogP contribution in [0, 0.1) is 11.2 Å². The van der Waals surface area contributed by atoms with Crippen molar-refractivity contribution in [3.63, 3.8) is 0 Å². The summed E-state index contributed by atoms with van der Waals surface area (Å²) in [5.41, 5.74) is 4.74. The molecule has 1 atom stereocenters. The van der Waals surface area contributed by atoms with Gasteiger partial charge in [-0.25, -0.2) is 14.4 Å². The Morgan fingerprint density at radius 1 is 1.02 bits per heavy atom. The predicted molar refractivity (Wildman–Crippen MR) is 192 cm³/mol. The van der Waals surface area contributed by atoms with Crippen LogP contribution in [0.25, 0.3) is 22.4 Å². The molecule has 3 saturated heterocycles. The molecule has 3 aliphatic rings. The number of likely N-dealkylation sites (tertiary alicyclic amines) is 2. The van der Waals surface area contributed by atoms with E-state index in [1.807, 2.05) is 47.4 Å². The summed E-state index contributed by atoms with van der Waals surface area (Å²) in [6.07, 6.45) is 2.97. The molecule has 0 bridgehead atoms. The van der Waals surface area contributed by atoms with Crippen molar-refractivity contribution < 1.29 is 18.7 Å². The zero-order chi connectivity index (χ0) is 35.0. The molecule has 10 nitrogen and oxygen atoms in total. The molecule has 0 unspecified atom stereocenters. The molecular formula is C37H38Cl2FN7O3. The van der Waals surface area contributed by atoms with Gasteiger partial charge in [-0.3, -0.25) is 14.5 Å². The fourth-order valence-electron chi connectivity index (χ4n) is 7.18. The number of hydrogen-bond acceptors (Lipinski definition) is 8. The van der Waals surface area contributed by atoms with Gasteiger partial charge in [0.2, 0.25) is 17.7 Å². The molecule has 0 saturated carbocycles. The second-order valence-corrected chi connectivity index (χ2v) is 14.2. The summed E-state index contributed by atoms with van der Waals surface area (Å²) in [6.45, 7) is 6.45. The van der Waals surface area contributed by atoms with Crippen molar-refractivity contribution >= 4 is 46.5 Å². The van der Waals surface area contributed by atoms with Gasteiger partial charge < -0.3 is 25.6 Å². The van der Waals surface area contributed by atoms with E-state index < -0.39 is 5.82 Å². The maximum absolute atomic E-state index is 15.7. The Morgan fingerprint density at radius 3 is 2.48 bits per heavy atom. The molecule has 2 aromatic carbocycles. The molecule has 260 valence electrons. The molecule has 3 fully saturated rings. The highest BCUT2D eigenvalue weighted by Crippen LogP contribution is 2.43. The Labute approximate surface area is 300 Å². The number of benzene rings is 2. The average Bonchev–Trinajstić information content (AvgIpc) is 3.49. The maximum atomic E-state index is 15.7. The van der Waals surface area contributed by atoms with Gasteiger partial charge in [-0.15, -0.1) is 0 Å². The Balaban J connectivity index is 1.05. The number of ether oxygens (including phenoxy) is 1. The zero-order valence-corrected chi connectivity index (χ0v) is 29.4. The molecule has 13 heteroatoms. The van der Waals surface area contributed by atoms with E-state index in [0.717, 1.165) is 38.2 Å². The Hall–Kier alpha value is -4.29. The van der Waals surface area contributed by atoms with Crippen LogP contribution in [-0.2, 0) is 22.7 Å². The van der Waals surface area contributed by atoms with Crippen LogP contribution in [0.1, 0.15) is 30.9 Å². The predicted octanol–water partition coefficient (Wildman–Crippen LogP) is 6.04. The van der Waals surface area contributed by atoms with E-state index in [9.17, 15) is 9.59 Å². The number of nitrogens with one attached hydrogen (secondary N) is 3. The van der Waals surface area contributed by atoms with Crippen molar-refractivity contribution in [1.82, 2.24) is 30.4 Å². The molecule has 3 aliphatic heterocycles. The summed E-state index contributed by atoms with van der Waals surface area (Å²) in [7, 11) is 1.58. The number of amides is 2. The first-order valence-corrected chi connectivity index (χ1v) is 17.4. The maximum Gasteiger partial charge on any atom is 0.220 e. The number of anilines is 2. The third-order valence-electron chi connectivity index (χ3n) is 9.72. The molecular weight excluding hydrogens is 680 g/mol. The Kier molecular flexibility index (Phi) is 9.67. The van der Waals surface area contributed by atoms with E-state index in [0.29, 0.717) is 75.6 Å². The number of methoxy groups -OCH3 is 1. The van der Waals surface area contributed by atoms with Crippen molar-refractivity contribution in [3.8, 4) is 28.3 Å². The molecule has 2 amide bonds. The lowest BCUT2D eigenvalue weighted by Crippen LogP contribution is -2.72. The molecule has 1 spiro atoms. The van der Waals surface area contributed by atoms with Crippen LogP contribution in [0.5, 0.6) is 5.88 Å². The van der Waals surface area contributed by atoms with Gasteiger partial charge in [0.15, 0.2) is 11.6 Å². The average molecular weight is 719 g/mol. The lowest BCUT2D eigenvalue weighted by Gasteiger charge is -2.60. The third kappa shape index (κ3) is 6.87. The number of carbonyl (C=O) groups is 2. The normalized spacial score (nSPS) is 18.1. The van der Waals surface area contributed by atoms with Gasteiger partial charge in [0.25, 0.3) is 0 Å². The minimum atomic E-state index is -0.433. The number of aromatic nitrogens is 2. The highest BCUT2D eigenvalue weighted by molar-refractivity contribution is 6.39. The summed E-state index contributed by atoms with van der Waals surface area (Å²) in [5.74, 6) is 0.317. The van der Waals surface area contributed by atoms with Crippen LogP contribution in [-0.4, -0.2) is 77.5 Å². The highest BCUT2D eigenvalue weighted by Gasteiger charge is 2.52. The lowest BCUT2D eigenvalue weighted by atomic mass is 9.72. The van der Waals surface area contributed by atoms with Crippen molar-refractivity contribution in [2.75, 3.05) is 45.2 Å². The van der Waals surface area contributed by atoms with Gasteiger partial charge in [0, 0.05) is 105 Å². The Bertz CT molecular complexity index is 1950. The summed E-state index contributed by atoms with van der Waals surface area (Å²) in [5, 5.41) is 10.3. The number of pyridine rings is 2. The number of nitrogens with zero attached hydrogens (tertiary/aromatic N) is 4. The fraction of sp³-hybridized carbons (Fsp3) is 0.351. The fourth-order valence-corrected chi connectivity index (χ4v) is 7.78. The molecule has 4 aromatic rings. The first-order chi connectivity index (χ1) is 24.1. The second-order valence-electron chi connectivity index (χ2n) is 13.4. The molecule has 0 aliphatic carbocycles. The molecule has 2 aromatic heterocycles. The van der Waals surface area contributed by atoms with Crippen LogP contribution in [0.3, 0.4) is 0 Å². The zero-order valence-electron chi connectivity index (χ0n) is 27.9. The first kappa shape index (κ1) is 34.2. The summed E-state index contributed by atoms with van der Waals surface area (Å²) >= 11 is 14.0. The van der Waals surface area contributed by atoms with Crippen molar-refractivity contribution in [1.29, 1.82) is 0 Å². The largest absolute Gasteiger partial charge is 0.481 e. The minimum Gasteiger partial charge on any atom is -0.481 e. The molecule has 50 heavy (non-hydrogen) atoms. The van der Waals surface area contributed by atoms with E-state index >= 15 is 4.39 Å². The topological polar surface area (TPSA) is 112 Å². The van der Waals surface area contributed by atoms with Crippen molar-refractivity contribution in [3.05, 3.63) is 87.8 Å². The summed E-state index contributed by atoms with van der Waals surface area (Å²) in [4.78, 5) is 36.2. The van der Waals surface area contributed by atoms with E-state index in [4.69, 9.17) is 32.9 Å². The summed E-state index contributed by atoms with van der Waals surface area (Å²) < 4.78 is 21.4. The van der Waals surface area contributed by atoms with Crippen LogP contribution in [0.2, 0.25) is 10.0 Å². The molecule has 0 radical (unpaired) electrons. The summed E-state index contributed by atoms with van der Waals surface area (Å²) in [6, 6.07) is 16.8. The lowest BCUT2D eigenvalue weighted by molar-refractivity contribution is -0.157. The van der Waals surface area contributed by atoms with Gasteiger partial charge in [-0.2, -0.15) is 0 Å². The van der Waals surface area contributed by atoms with Crippen molar-refractivity contribution in [2.24, 2.45) is 5.41 Å². The third-order valence-corrected chi connectivity index (χ3v) is 10.5. The molecule has 5 heterocycles. The second kappa shape index (κ2) is 14.1. The molecule has 3 N–H and O–H groups in total. The van der Waals surface area contributed by atoms with E-state index in [1.54, 1.807) is 32.4 Å². The van der Waals surface area contributed by atoms with Gasteiger partial charge in [-0.1, -0.05) is 59.6 Å². The van der Waals surface area contributed by atoms with Crippen LogP contribution < -0.4 is 20.7 Å². The standard InChI is InChI=1S/C37H38Cl2FN7O3/c1-22(48)47-20-37(21-47)18-46(19-37)17-24-13-14-42-35(34(24)40)44-30-8-4-6-27(33(30)39)26-5-3-7-28(32(26)38)29-11-9-23(36(45-29)50-2)15-41-16-25-10-12-31(49)43-25/h3-9,11,13-14,25,41H,10,12,15-21H2,1-2H3,(H,42,44)(H,43,49)/t25-/m0/s1. The first-order valence-electron chi connectivity index (χ1n) is 16.6. The monoisotopic (exact) mass is 717 g/mol. The number of hydrogen-bond donors (Lipinski definition) is 3. The van der Waals surface area contributed by atoms with Crippen LogP contribution >= 0.6 is 23.2 Å². The minimum absolute atomic E-state index is 0.0851. The van der Waals surface area contributed by atoms with Gasteiger partial charge in [-0.05, 0) is 24.6 Å².